The van der Waals surface area contributed by atoms with E-state index in [2.05, 4.69) is 18.7 Å². The van der Waals surface area contributed by atoms with Crippen molar-refractivity contribution in [1.29, 1.82) is 0 Å². The number of nitrogens with zero attached hydrogens (tertiary/aromatic N) is 1. The summed E-state index contributed by atoms with van der Waals surface area (Å²) in [6.07, 6.45) is 42.1. The third kappa shape index (κ3) is 30.0. The van der Waals surface area contributed by atoms with Gasteiger partial charge in [0.2, 0.25) is 5.91 Å². The molecule has 0 aromatic carbocycles. The van der Waals surface area contributed by atoms with Crippen molar-refractivity contribution in [2.45, 2.75) is 213 Å². The van der Waals surface area contributed by atoms with E-state index in [1.807, 2.05) is 0 Å². The highest BCUT2D eigenvalue weighted by atomic mass is 16.2. The molecular formula is C36H73NO. The Labute approximate surface area is 241 Å². The standard InChI is InChI=1S/C36H73NO/c1-4-6-8-10-12-13-14-15-16-17-18-19-20-21-22-23-24-25-26-27-28-29-31-33-35-37(36(3)38)34-32-30-11-9-7-5-2/h4-35H2,1-3H3. The van der Waals surface area contributed by atoms with Crippen LogP contribution in [0.3, 0.4) is 0 Å². The maximum atomic E-state index is 11.9. The molecule has 0 bridgehead atoms. The van der Waals surface area contributed by atoms with Gasteiger partial charge >= 0.3 is 0 Å². The highest BCUT2D eigenvalue weighted by molar-refractivity contribution is 5.73. The van der Waals surface area contributed by atoms with E-state index in [-0.39, 0.29) is 5.91 Å². The van der Waals surface area contributed by atoms with E-state index in [0.717, 1.165) is 13.1 Å². The van der Waals surface area contributed by atoms with Crippen molar-refractivity contribution in [3.63, 3.8) is 0 Å². The van der Waals surface area contributed by atoms with Gasteiger partial charge in [0, 0.05) is 20.0 Å². The fourth-order valence-electron chi connectivity index (χ4n) is 5.77. The number of hydrogen-bond donors (Lipinski definition) is 0. The van der Waals surface area contributed by atoms with Crippen molar-refractivity contribution in [3.05, 3.63) is 0 Å². The van der Waals surface area contributed by atoms with Crippen LogP contribution in [0.15, 0.2) is 0 Å². The van der Waals surface area contributed by atoms with E-state index in [9.17, 15) is 4.79 Å². The van der Waals surface area contributed by atoms with Crippen LogP contribution in [0.4, 0.5) is 0 Å². The van der Waals surface area contributed by atoms with E-state index in [1.165, 1.54) is 193 Å². The first-order chi connectivity index (χ1) is 18.7. The number of carbonyl (C=O) groups excluding carboxylic acids is 1. The Morgan fingerprint density at radius 2 is 0.526 bits per heavy atom. The lowest BCUT2D eigenvalue weighted by Gasteiger charge is -2.21. The minimum Gasteiger partial charge on any atom is -0.343 e. The summed E-state index contributed by atoms with van der Waals surface area (Å²) in [5, 5.41) is 0. The van der Waals surface area contributed by atoms with Gasteiger partial charge in [0.05, 0.1) is 0 Å². The van der Waals surface area contributed by atoms with Crippen LogP contribution in [-0.2, 0) is 4.79 Å². The first-order valence-corrected chi connectivity index (χ1v) is 18.0. The second kappa shape index (κ2) is 32.7. The molecular weight excluding hydrogens is 462 g/mol. The summed E-state index contributed by atoms with van der Waals surface area (Å²) in [7, 11) is 0. The van der Waals surface area contributed by atoms with Gasteiger partial charge in [-0.2, -0.15) is 0 Å². The van der Waals surface area contributed by atoms with Gasteiger partial charge in [-0.25, -0.2) is 0 Å². The summed E-state index contributed by atoms with van der Waals surface area (Å²) in [6, 6.07) is 0. The van der Waals surface area contributed by atoms with Crippen molar-refractivity contribution in [3.8, 4) is 0 Å². The second-order valence-corrected chi connectivity index (χ2v) is 12.4. The number of hydrogen-bond acceptors (Lipinski definition) is 1. The Morgan fingerprint density at radius 1 is 0.342 bits per heavy atom. The Kier molecular flexibility index (Phi) is 32.2. The van der Waals surface area contributed by atoms with Gasteiger partial charge in [0.15, 0.2) is 0 Å². The molecule has 0 aliphatic heterocycles. The molecule has 0 aliphatic carbocycles. The zero-order chi connectivity index (χ0) is 27.8. The van der Waals surface area contributed by atoms with E-state index in [4.69, 9.17) is 0 Å². The molecule has 0 fully saturated rings. The molecule has 0 rings (SSSR count). The first kappa shape index (κ1) is 37.5. The third-order valence-corrected chi connectivity index (χ3v) is 8.51. The zero-order valence-corrected chi connectivity index (χ0v) is 27.0. The topological polar surface area (TPSA) is 20.3 Å². The van der Waals surface area contributed by atoms with Gasteiger partial charge in [0.25, 0.3) is 0 Å². The smallest absolute Gasteiger partial charge is 0.219 e. The molecule has 0 atom stereocenters. The van der Waals surface area contributed by atoms with Crippen molar-refractivity contribution in [2.75, 3.05) is 13.1 Å². The number of amides is 1. The highest BCUT2D eigenvalue weighted by Crippen LogP contribution is 2.16. The number of unbranched alkanes of at least 4 members (excludes halogenated alkanes) is 28. The number of carbonyl (C=O) groups is 1. The van der Waals surface area contributed by atoms with Crippen LogP contribution in [0.5, 0.6) is 0 Å². The molecule has 0 aromatic heterocycles. The summed E-state index contributed by atoms with van der Waals surface area (Å²) in [4.78, 5) is 14.0. The predicted molar refractivity (Wildman–Crippen MR) is 172 cm³/mol. The van der Waals surface area contributed by atoms with Crippen LogP contribution in [0.25, 0.3) is 0 Å². The second-order valence-electron chi connectivity index (χ2n) is 12.4. The van der Waals surface area contributed by atoms with Crippen LogP contribution >= 0.6 is 0 Å². The SMILES string of the molecule is CCCCCCCCCCCCCCCCCCCCCCCCCCN(CCCCCCCC)C(C)=O. The summed E-state index contributed by atoms with van der Waals surface area (Å²) >= 11 is 0. The lowest BCUT2D eigenvalue weighted by Crippen LogP contribution is -2.30. The van der Waals surface area contributed by atoms with Crippen molar-refractivity contribution in [2.24, 2.45) is 0 Å². The minimum atomic E-state index is 0.271. The van der Waals surface area contributed by atoms with E-state index in [0.29, 0.717) is 0 Å². The Bertz CT molecular complexity index is 449. The third-order valence-electron chi connectivity index (χ3n) is 8.51. The molecule has 0 saturated heterocycles. The average molecular weight is 536 g/mol. The molecule has 228 valence electrons. The Balaban J connectivity index is 3.25. The van der Waals surface area contributed by atoms with Crippen molar-refractivity contribution < 1.29 is 4.79 Å². The molecule has 0 saturated carbocycles. The molecule has 0 spiro atoms. The monoisotopic (exact) mass is 536 g/mol. The lowest BCUT2D eigenvalue weighted by molar-refractivity contribution is -0.129. The van der Waals surface area contributed by atoms with Crippen LogP contribution in [0, 0.1) is 0 Å². The van der Waals surface area contributed by atoms with Crippen molar-refractivity contribution >= 4 is 5.91 Å². The minimum absolute atomic E-state index is 0.271. The summed E-state index contributed by atoms with van der Waals surface area (Å²) < 4.78 is 0. The molecule has 2 heteroatoms. The summed E-state index contributed by atoms with van der Waals surface area (Å²) in [5.41, 5.74) is 0. The Hall–Kier alpha value is -0.530. The van der Waals surface area contributed by atoms with E-state index < -0.39 is 0 Å². The lowest BCUT2D eigenvalue weighted by atomic mass is 10.0. The molecule has 0 N–H and O–H groups in total. The van der Waals surface area contributed by atoms with Gasteiger partial charge in [-0.05, 0) is 12.8 Å². The molecule has 0 aliphatic rings. The first-order valence-electron chi connectivity index (χ1n) is 18.0. The number of rotatable bonds is 32. The van der Waals surface area contributed by atoms with Gasteiger partial charge in [0.1, 0.15) is 0 Å². The van der Waals surface area contributed by atoms with Gasteiger partial charge in [-0.3, -0.25) is 4.79 Å². The van der Waals surface area contributed by atoms with Gasteiger partial charge in [-0.1, -0.05) is 194 Å². The van der Waals surface area contributed by atoms with Crippen LogP contribution in [0.1, 0.15) is 213 Å². The molecule has 0 aromatic rings. The van der Waals surface area contributed by atoms with Crippen molar-refractivity contribution in [1.82, 2.24) is 4.90 Å². The quantitative estimate of drug-likeness (QED) is 0.0784. The maximum Gasteiger partial charge on any atom is 0.219 e. The summed E-state index contributed by atoms with van der Waals surface area (Å²) in [6.45, 7) is 8.26. The zero-order valence-electron chi connectivity index (χ0n) is 27.0. The highest BCUT2D eigenvalue weighted by Gasteiger charge is 2.07. The largest absolute Gasteiger partial charge is 0.343 e. The van der Waals surface area contributed by atoms with Crippen LogP contribution in [-0.4, -0.2) is 23.9 Å². The molecule has 1 amide bonds. The molecule has 0 unspecified atom stereocenters. The van der Waals surface area contributed by atoms with E-state index >= 15 is 0 Å². The fourth-order valence-corrected chi connectivity index (χ4v) is 5.77. The average Bonchev–Trinajstić information content (AvgIpc) is 2.91. The fraction of sp³-hybridized carbons (Fsp3) is 0.972. The maximum absolute atomic E-state index is 11.9. The normalized spacial score (nSPS) is 11.3. The summed E-state index contributed by atoms with van der Waals surface area (Å²) in [5.74, 6) is 0.271. The molecule has 0 radical (unpaired) electrons. The molecule has 2 nitrogen and oxygen atoms in total. The van der Waals surface area contributed by atoms with Crippen LogP contribution < -0.4 is 0 Å². The van der Waals surface area contributed by atoms with Gasteiger partial charge in [-0.15, -0.1) is 0 Å². The Morgan fingerprint density at radius 3 is 0.711 bits per heavy atom. The van der Waals surface area contributed by atoms with Gasteiger partial charge < -0.3 is 4.90 Å². The predicted octanol–water partition coefficient (Wildman–Crippen LogP) is 12.6. The van der Waals surface area contributed by atoms with Crippen LogP contribution in [0.2, 0.25) is 0 Å². The van der Waals surface area contributed by atoms with E-state index in [1.54, 1.807) is 6.92 Å². The molecule has 0 heterocycles. The molecule has 38 heavy (non-hydrogen) atoms.